The molecule has 0 saturated heterocycles. The zero-order valence-corrected chi connectivity index (χ0v) is 8.01. The standard InChI is InChI=1S/C8H9BFNO4/c1-14-8(12)4-7-3-2-6(5-11-7)9(13)15-10/h2-3,5,13H,4H2,1H3. The van der Waals surface area contributed by atoms with Crippen LogP contribution in [0, 0.1) is 0 Å². The Kier molecular flexibility index (Phi) is 4.20. The quantitative estimate of drug-likeness (QED) is 0.533. The van der Waals surface area contributed by atoms with Crippen LogP contribution >= 0.6 is 0 Å². The Labute approximate surface area is 85.9 Å². The molecule has 15 heavy (non-hydrogen) atoms. The molecule has 5 nitrogen and oxygen atoms in total. The molecule has 0 unspecified atom stereocenters. The smallest absolute Gasteiger partial charge is 0.469 e. The van der Waals surface area contributed by atoms with Gasteiger partial charge in [-0.3, -0.25) is 9.78 Å². The van der Waals surface area contributed by atoms with Crippen LogP contribution in [0.4, 0.5) is 4.53 Å². The molecule has 0 fully saturated rings. The van der Waals surface area contributed by atoms with Crippen LogP contribution in [0.5, 0.6) is 0 Å². The van der Waals surface area contributed by atoms with E-state index in [9.17, 15) is 9.32 Å². The number of carbonyl (C=O) groups excluding carboxylic acids is 1. The largest absolute Gasteiger partial charge is 0.531 e. The van der Waals surface area contributed by atoms with Gasteiger partial charge in [-0.25, -0.2) is 4.86 Å². The van der Waals surface area contributed by atoms with E-state index in [1.165, 1.54) is 25.4 Å². The highest BCUT2D eigenvalue weighted by molar-refractivity contribution is 6.59. The van der Waals surface area contributed by atoms with Crippen LogP contribution in [0.1, 0.15) is 5.69 Å². The summed E-state index contributed by atoms with van der Waals surface area (Å²) >= 11 is 0. The third-order valence-electron chi connectivity index (χ3n) is 1.77. The summed E-state index contributed by atoms with van der Waals surface area (Å²) < 4.78 is 16.0. The number of nitrogens with zero attached hydrogens (tertiary/aromatic N) is 1. The van der Waals surface area contributed by atoms with Crippen molar-refractivity contribution in [3.63, 3.8) is 0 Å². The second-order valence-electron chi connectivity index (χ2n) is 2.78. The molecule has 0 amide bonds. The molecule has 0 aliphatic heterocycles. The normalized spacial score (nSPS) is 9.80. The molecule has 0 spiro atoms. The number of esters is 1. The molecule has 7 heteroatoms. The highest BCUT2D eigenvalue weighted by Crippen LogP contribution is 1.96. The van der Waals surface area contributed by atoms with Crippen molar-refractivity contribution in [2.75, 3.05) is 7.11 Å². The van der Waals surface area contributed by atoms with Crippen LogP contribution in [0.2, 0.25) is 0 Å². The van der Waals surface area contributed by atoms with E-state index in [1.807, 2.05) is 0 Å². The van der Waals surface area contributed by atoms with Gasteiger partial charge in [0.15, 0.2) is 0 Å². The lowest BCUT2D eigenvalue weighted by molar-refractivity contribution is -0.139. The number of hydrogen-bond donors (Lipinski definition) is 1. The van der Waals surface area contributed by atoms with Gasteiger partial charge in [-0.1, -0.05) is 10.6 Å². The number of hydrogen-bond acceptors (Lipinski definition) is 5. The van der Waals surface area contributed by atoms with Gasteiger partial charge >= 0.3 is 13.1 Å². The van der Waals surface area contributed by atoms with E-state index in [1.54, 1.807) is 0 Å². The van der Waals surface area contributed by atoms with Crippen molar-refractivity contribution in [1.29, 1.82) is 0 Å². The summed E-state index contributed by atoms with van der Waals surface area (Å²) in [6.45, 7) is 0. The second kappa shape index (κ2) is 5.42. The van der Waals surface area contributed by atoms with E-state index in [2.05, 4.69) is 14.6 Å². The molecule has 0 aromatic carbocycles. The minimum atomic E-state index is -1.65. The van der Waals surface area contributed by atoms with Gasteiger partial charge in [0.25, 0.3) is 0 Å². The first-order valence-corrected chi connectivity index (χ1v) is 4.14. The van der Waals surface area contributed by atoms with Crippen LogP contribution in [0.3, 0.4) is 0 Å². The lowest BCUT2D eigenvalue weighted by atomic mass is 9.81. The molecule has 80 valence electrons. The van der Waals surface area contributed by atoms with Gasteiger partial charge in [0.2, 0.25) is 0 Å². The molecule has 1 aromatic heterocycles. The molecule has 0 aliphatic carbocycles. The number of methoxy groups -OCH3 is 1. The lowest BCUT2D eigenvalue weighted by Gasteiger charge is -2.02. The van der Waals surface area contributed by atoms with Crippen LogP contribution in [-0.4, -0.2) is 30.2 Å². The minimum Gasteiger partial charge on any atom is -0.469 e. The summed E-state index contributed by atoms with van der Waals surface area (Å²) in [5, 5.41) is 8.92. The number of halogens is 1. The number of pyridine rings is 1. The van der Waals surface area contributed by atoms with Crippen LogP contribution in [0.15, 0.2) is 18.3 Å². The Balaban J connectivity index is 2.68. The van der Waals surface area contributed by atoms with Gasteiger partial charge in [-0.05, 0) is 6.07 Å². The van der Waals surface area contributed by atoms with Crippen molar-refractivity contribution >= 4 is 18.6 Å². The SMILES string of the molecule is COC(=O)Cc1ccc(B(O)OF)cn1. The Hall–Kier alpha value is -1.47. The lowest BCUT2D eigenvalue weighted by Crippen LogP contribution is -2.31. The number of aromatic nitrogens is 1. The maximum atomic E-state index is 11.6. The molecule has 1 heterocycles. The molecule has 0 aliphatic rings. The summed E-state index contributed by atoms with van der Waals surface area (Å²) in [7, 11) is -0.373. The van der Waals surface area contributed by atoms with Gasteiger partial charge in [0, 0.05) is 11.7 Å². The van der Waals surface area contributed by atoms with Crippen LogP contribution < -0.4 is 5.46 Å². The van der Waals surface area contributed by atoms with Gasteiger partial charge in [-0.15, -0.1) is 0 Å². The fourth-order valence-electron chi connectivity index (χ4n) is 0.958. The first-order valence-electron chi connectivity index (χ1n) is 4.14. The second-order valence-corrected chi connectivity index (χ2v) is 2.78. The zero-order chi connectivity index (χ0) is 11.3. The van der Waals surface area contributed by atoms with E-state index >= 15 is 0 Å². The Bertz CT molecular complexity index is 332. The molecule has 0 saturated carbocycles. The first kappa shape index (κ1) is 11.6. The van der Waals surface area contributed by atoms with Crippen LogP contribution in [0.25, 0.3) is 0 Å². The fourth-order valence-corrected chi connectivity index (χ4v) is 0.958. The minimum absolute atomic E-state index is 0.0311. The maximum absolute atomic E-state index is 11.6. The van der Waals surface area contributed by atoms with Crippen molar-refractivity contribution in [3.8, 4) is 0 Å². The van der Waals surface area contributed by atoms with E-state index in [0.717, 1.165) is 0 Å². The topological polar surface area (TPSA) is 68.7 Å². The molecule has 1 rings (SSSR count). The van der Waals surface area contributed by atoms with E-state index in [-0.39, 0.29) is 11.9 Å². The average molecular weight is 213 g/mol. The molecule has 1 N–H and O–H groups in total. The predicted octanol–water partition coefficient (Wildman–Crippen LogP) is -0.614. The Morgan fingerprint density at radius 1 is 1.67 bits per heavy atom. The molecule has 0 atom stereocenters. The summed E-state index contributed by atoms with van der Waals surface area (Å²) in [5.74, 6) is -0.419. The molecule has 0 radical (unpaired) electrons. The predicted molar refractivity (Wildman–Crippen MR) is 49.8 cm³/mol. The van der Waals surface area contributed by atoms with E-state index in [0.29, 0.717) is 5.69 Å². The Morgan fingerprint density at radius 2 is 2.40 bits per heavy atom. The van der Waals surface area contributed by atoms with Gasteiger partial charge in [0.05, 0.1) is 19.2 Å². The van der Waals surface area contributed by atoms with Crippen LogP contribution in [-0.2, 0) is 20.8 Å². The zero-order valence-electron chi connectivity index (χ0n) is 8.01. The third-order valence-corrected chi connectivity index (χ3v) is 1.77. The molecule has 1 aromatic rings. The maximum Gasteiger partial charge on any atom is 0.531 e. The monoisotopic (exact) mass is 213 g/mol. The van der Waals surface area contributed by atoms with Crippen molar-refractivity contribution in [2.24, 2.45) is 0 Å². The summed E-state index contributed by atoms with van der Waals surface area (Å²) in [5.41, 5.74) is 0.641. The summed E-state index contributed by atoms with van der Waals surface area (Å²) in [6, 6.07) is 2.89. The first-order chi connectivity index (χ1) is 7.17. The highest BCUT2D eigenvalue weighted by atomic mass is 19.3. The summed E-state index contributed by atoms with van der Waals surface area (Å²) in [4.78, 5) is 17.9. The van der Waals surface area contributed by atoms with Crippen molar-refractivity contribution in [2.45, 2.75) is 6.42 Å². The number of rotatable bonds is 4. The van der Waals surface area contributed by atoms with Gasteiger partial charge in [0.1, 0.15) is 0 Å². The highest BCUT2D eigenvalue weighted by Gasteiger charge is 2.17. The van der Waals surface area contributed by atoms with Crippen molar-refractivity contribution in [3.05, 3.63) is 24.0 Å². The third kappa shape index (κ3) is 3.30. The molecular weight excluding hydrogens is 204 g/mol. The summed E-state index contributed by atoms with van der Waals surface area (Å²) in [6.07, 6.45) is 1.26. The number of ether oxygens (including phenoxy) is 1. The van der Waals surface area contributed by atoms with Crippen molar-refractivity contribution in [1.82, 2.24) is 4.98 Å². The Morgan fingerprint density at radius 3 is 2.87 bits per heavy atom. The fraction of sp³-hybridized carbons (Fsp3) is 0.250. The van der Waals surface area contributed by atoms with E-state index in [4.69, 9.17) is 5.02 Å². The van der Waals surface area contributed by atoms with Gasteiger partial charge in [-0.2, -0.15) is 0 Å². The van der Waals surface area contributed by atoms with E-state index < -0.39 is 13.1 Å². The van der Waals surface area contributed by atoms with Gasteiger partial charge < -0.3 is 9.76 Å². The van der Waals surface area contributed by atoms with Crippen molar-refractivity contribution < 1.29 is 23.9 Å². The number of carbonyl (C=O) groups is 1. The molecule has 0 bridgehead atoms. The molecular formula is C8H9BFNO4. The average Bonchev–Trinajstić information content (AvgIpc) is 2.29.